The number of hydrogen-bond donors (Lipinski definition) is 2. The van der Waals surface area contributed by atoms with Gasteiger partial charge in [-0.2, -0.15) is 10.1 Å². The number of aromatic nitrogens is 3. The van der Waals surface area contributed by atoms with Crippen molar-refractivity contribution in [2.24, 2.45) is 5.92 Å². The summed E-state index contributed by atoms with van der Waals surface area (Å²) in [5.41, 5.74) is 0.705. The Morgan fingerprint density at radius 2 is 2.05 bits per heavy atom. The quantitative estimate of drug-likeness (QED) is 0.765. The molecule has 1 aromatic heterocycles. The van der Waals surface area contributed by atoms with E-state index in [0.29, 0.717) is 5.56 Å². The molecule has 2 heterocycles. The van der Waals surface area contributed by atoms with Gasteiger partial charge in [-0.3, -0.25) is 14.9 Å². The number of rotatable bonds is 2. The fourth-order valence-corrected chi connectivity index (χ4v) is 2.25. The number of benzene rings is 1. The molecule has 96 valence electrons. The Kier molecular flexibility index (Phi) is 2.52. The lowest BCUT2D eigenvalue weighted by Crippen LogP contribution is -2.42. The second kappa shape index (κ2) is 4.20. The average Bonchev–Trinajstić information content (AvgIpc) is 2.85. The summed E-state index contributed by atoms with van der Waals surface area (Å²) in [6.07, 6.45) is 1.29. The monoisotopic (exact) mass is 258 g/mol. The first kappa shape index (κ1) is 11.4. The van der Waals surface area contributed by atoms with Gasteiger partial charge >= 0.3 is 5.97 Å². The maximum Gasteiger partial charge on any atom is 0.318 e. The van der Waals surface area contributed by atoms with Crippen molar-refractivity contribution in [3.05, 3.63) is 42.2 Å². The third-order valence-corrected chi connectivity index (χ3v) is 3.08. The molecule has 19 heavy (non-hydrogen) atoms. The predicted octanol–water partition coefficient (Wildman–Crippen LogP) is 0.520. The Morgan fingerprint density at radius 3 is 2.74 bits per heavy atom. The van der Waals surface area contributed by atoms with Crippen LogP contribution in [0.3, 0.4) is 0 Å². The van der Waals surface area contributed by atoms with Crippen LogP contribution in [-0.4, -0.2) is 31.7 Å². The van der Waals surface area contributed by atoms with E-state index in [9.17, 15) is 14.7 Å². The Labute approximate surface area is 107 Å². The number of anilines is 1. The first-order valence-electron chi connectivity index (χ1n) is 5.66. The van der Waals surface area contributed by atoms with E-state index >= 15 is 0 Å². The van der Waals surface area contributed by atoms with Crippen LogP contribution in [-0.2, 0) is 9.59 Å². The standard InChI is InChI=1S/C12H10N4O3/c17-10-8(11(18)19)9(7-4-2-1-3-5-7)16-12(15-10)13-6-14-16/h1-6,8-9H,(H,18,19)(H,13,14,15,17). The summed E-state index contributed by atoms with van der Waals surface area (Å²) < 4.78 is 1.43. The second-order valence-electron chi connectivity index (χ2n) is 4.19. The van der Waals surface area contributed by atoms with Gasteiger partial charge in [0.15, 0.2) is 5.92 Å². The molecular formula is C12H10N4O3. The van der Waals surface area contributed by atoms with Crippen LogP contribution in [0.2, 0.25) is 0 Å². The van der Waals surface area contributed by atoms with Crippen LogP contribution in [0.4, 0.5) is 5.95 Å². The number of carbonyl (C=O) groups excluding carboxylic acids is 1. The van der Waals surface area contributed by atoms with Crippen LogP contribution in [0.15, 0.2) is 36.7 Å². The van der Waals surface area contributed by atoms with E-state index in [1.54, 1.807) is 24.3 Å². The maximum atomic E-state index is 11.9. The fourth-order valence-electron chi connectivity index (χ4n) is 2.25. The van der Waals surface area contributed by atoms with Crippen LogP contribution >= 0.6 is 0 Å². The van der Waals surface area contributed by atoms with E-state index in [1.165, 1.54) is 11.0 Å². The first-order valence-corrected chi connectivity index (χ1v) is 5.66. The number of carboxylic acids is 1. The van der Waals surface area contributed by atoms with Crippen molar-refractivity contribution < 1.29 is 14.7 Å². The fraction of sp³-hybridized carbons (Fsp3) is 0.167. The van der Waals surface area contributed by atoms with Crippen molar-refractivity contribution in [1.82, 2.24) is 14.8 Å². The molecule has 2 unspecified atom stereocenters. The highest BCUT2D eigenvalue weighted by molar-refractivity contribution is 6.05. The minimum absolute atomic E-state index is 0.261. The van der Waals surface area contributed by atoms with Gasteiger partial charge in [-0.15, -0.1) is 0 Å². The molecule has 7 nitrogen and oxygen atoms in total. The minimum atomic E-state index is -1.23. The smallest absolute Gasteiger partial charge is 0.318 e. The zero-order valence-corrected chi connectivity index (χ0v) is 9.72. The second-order valence-corrected chi connectivity index (χ2v) is 4.19. The molecule has 2 N–H and O–H groups in total. The van der Waals surface area contributed by atoms with Crippen molar-refractivity contribution in [3.63, 3.8) is 0 Å². The number of nitrogens with zero attached hydrogens (tertiary/aromatic N) is 3. The van der Waals surface area contributed by atoms with Crippen LogP contribution in [0, 0.1) is 5.92 Å². The van der Waals surface area contributed by atoms with Gasteiger partial charge in [0, 0.05) is 0 Å². The summed E-state index contributed by atoms with van der Waals surface area (Å²) in [5, 5.41) is 15.7. The third kappa shape index (κ3) is 1.75. The van der Waals surface area contributed by atoms with E-state index in [2.05, 4.69) is 15.4 Å². The molecule has 1 aliphatic heterocycles. The van der Waals surface area contributed by atoms with E-state index < -0.39 is 23.8 Å². The molecule has 0 radical (unpaired) electrons. The highest BCUT2D eigenvalue weighted by Crippen LogP contribution is 2.32. The Hall–Kier alpha value is -2.70. The van der Waals surface area contributed by atoms with Gasteiger partial charge in [0.25, 0.3) is 0 Å². The zero-order valence-electron chi connectivity index (χ0n) is 9.72. The summed E-state index contributed by atoms with van der Waals surface area (Å²) in [6.45, 7) is 0. The lowest BCUT2D eigenvalue weighted by atomic mass is 9.91. The SMILES string of the molecule is O=C(O)C1C(=O)Nc2ncnn2C1c1ccccc1. The molecule has 0 fully saturated rings. The average molecular weight is 258 g/mol. The highest BCUT2D eigenvalue weighted by Gasteiger charge is 2.42. The largest absolute Gasteiger partial charge is 0.481 e. The Morgan fingerprint density at radius 1 is 1.32 bits per heavy atom. The van der Waals surface area contributed by atoms with Gasteiger partial charge in [-0.25, -0.2) is 4.68 Å². The van der Waals surface area contributed by atoms with Gasteiger partial charge in [0.1, 0.15) is 12.4 Å². The van der Waals surface area contributed by atoms with Gasteiger partial charge in [0.05, 0.1) is 0 Å². The lowest BCUT2D eigenvalue weighted by Gasteiger charge is -2.29. The van der Waals surface area contributed by atoms with Crippen molar-refractivity contribution in [2.45, 2.75) is 6.04 Å². The van der Waals surface area contributed by atoms with Crippen LogP contribution < -0.4 is 5.32 Å². The molecular weight excluding hydrogens is 248 g/mol. The molecule has 1 amide bonds. The van der Waals surface area contributed by atoms with Crippen molar-refractivity contribution >= 4 is 17.8 Å². The van der Waals surface area contributed by atoms with Crippen LogP contribution in [0.5, 0.6) is 0 Å². The topological polar surface area (TPSA) is 97.1 Å². The normalized spacial score (nSPS) is 21.6. The highest BCUT2D eigenvalue weighted by atomic mass is 16.4. The molecule has 0 aliphatic carbocycles. The van der Waals surface area contributed by atoms with Crippen LogP contribution in [0.25, 0.3) is 0 Å². The number of hydrogen-bond acceptors (Lipinski definition) is 4. The molecule has 0 saturated heterocycles. The maximum absolute atomic E-state index is 11.9. The Balaban J connectivity index is 2.17. The first-order chi connectivity index (χ1) is 9.18. The zero-order chi connectivity index (χ0) is 13.4. The van der Waals surface area contributed by atoms with E-state index in [0.717, 1.165) is 0 Å². The van der Waals surface area contributed by atoms with Gasteiger partial charge in [-0.1, -0.05) is 30.3 Å². The van der Waals surface area contributed by atoms with E-state index in [4.69, 9.17) is 0 Å². The summed E-state index contributed by atoms with van der Waals surface area (Å²) in [6, 6.07) is 8.25. The minimum Gasteiger partial charge on any atom is -0.481 e. The molecule has 7 heteroatoms. The number of carbonyl (C=O) groups is 2. The van der Waals surface area contributed by atoms with Crippen molar-refractivity contribution in [2.75, 3.05) is 5.32 Å². The number of amides is 1. The molecule has 1 aliphatic rings. The van der Waals surface area contributed by atoms with Gasteiger partial charge < -0.3 is 5.11 Å². The lowest BCUT2D eigenvalue weighted by molar-refractivity contribution is -0.147. The summed E-state index contributed by atoms with van der Waals surface area (Å²) in [4.78, 5) is 27.2. The van der Waals surface area contributed by atoms with Gasteiger partial charge in [0.2, 0.25) is 11.9 Å². The molecule has 1 aromatic carbocycles. The predicted molar refractivity (Wildman–Crippen MR) is 64.4 cm³/mol. The molecule has 0 bridgehead atoms. The number of nitrogens with one attached hydrogen (secondary N) is 1. The summed E-state index contributed by atoms with van der Waals surface area (Å²) in [7, 11) is 0. The van der Waals surface area contributed by atoms with Gasteiger partial charge in [-0.05, 0) is 5.56 Å². The molecule has 0 saturated carbocycles. The molecule has 2 atom stereocenters. The summed E-state index contributed by atoms with van der Waals surface area (Å²) >= 11 is 0. The number of fused-ring (bicyclic) bond motifs is 1. The van der Waals surface area contributed by atoms with Crippen molar-refractivity contribution in [3.8, 4) is 0 Å². The van der Waals surface area contributed by atoms with E-state index in [1.807, 2.05) is 6.07 Å². The molecule has 0 spiro atoms. The number of carboxylic acid groups (broad SMARTS) is 1. The van der Waals surface area contributed by atoms with E-state index in [-0.39, 0.29) is 5.95 Å². The van der Waals surface area contributed by atoms with Crippen LogP contribution in [0.1, 0.15) is 11.6 Å². The third-order valence-electron chi connectivity index (χ3n) is 3.08. The molecule has 3 rings (SSSR count). The van der Waals surface area contributed by atoms with Crippen molar-refractivity contribution in [1.29, 1.82) is 0 Å². The Bertz CT molecular complexity index is 637. The number of aliphatic carboxylic acids is 1. The molecule has 2 aromatic rings. The summed E-state index contributed by atoms with van der Waals surface area (Å²) in [5.74, 6) is -2.73.